The van der Waals surface area contributed by atoms with E-state index in [1.54, 1.807) is 0 Å². The number of hydrogen-bond acceptors (Lipinski definition) is 0. The van der Waals surface area contributed by atoms with E-state index in [1.807, 2.05) is 0 Å². The molecule has 0 aliphatic heterocycles. The molecule has 2 rings (SSSR count). The van der Waals surface area contributed by atoms with Gasteiger partial charge in [-0.15, -0.1) is 0 Å². The lowest BCUT2D eigenvalue weighted by molar-refractivity contribution is 0.630. The molecule has 2 aromatic carbocycles. The van der Waals surface area contributed by atoms with Crippen molar-refractivity contribution in [3.05, 3.63) is 78.7 Å². The molecular formula is C18H21. The number of hydrogen-bond donors (Lipinski definition) is 0. The Balaban J connectivity index is 2.18. The second-order valence-electron chi connectivity index (χ2n) is 4.72. The van der Waals surface area contributed by atoms with E-state index in [9.17, 15) is 0 Å². The first-order valence-electron chi connectivity index (χ1n) is 6.81. The van der Waals surface area contributed by atoms with Crippen molar-refractivity contribution in [2.45, 2.75) is 31.6 Å². The fourth-order valence-electron chi connectivity index (χ4n) is 2.42. The molecule has 0 saturated carbocycles. The molecule has 0 aromatic heterocycles. The van der Waals surface area contributed by atoms with Crippen LogP contribution in [0.25, 0.3) is 0 Å². The minimum atomic E-state index is 0.527. The Morgan fingerprint density at radius 3 is 1.67 bits per heavy atom. The number of unbranched alkanes of at least 4 members (excludes halogenated alkanes) is 2. The average Bonchev–Trinajstić information content (AvgIpc) is 2.46. The summed E-state index contributed by atoms with van der Waals surface area (Å²) in [6, 6.07) is 21.6. The van der Waals surface area contributed by atoms with Crippen LogP contribution in [-0.2, 0) is 0 Å². The SMILES string of the molecule is [CH2]CCCCC(c1ccccc1)c1ccccc1. The van der Waals surface area contributed by atoms with Gasteiger partial charge in [-0.25, -0.2) is 0 Å². The van der Waals surface area contributed by atoms with Crippen LogP contribution in [0.5, 0.6) is 0 Å². The maximum atomic E-state index is 3.93. The second-order valence-corrected chi connectivity index (χ2v) is 4.72. The Kier molecular flexibility index (Phi) is 5.01. The average molecular weight is 237 g/mol. The predicted octanol–water partition coefficient (Wildman–Crippen LogP) is 5.21. The summed E-state index contributed by atoms with van der Waals surface area (Å²) in [5, 5.41) is 0. The van der Waals surface area contributed by atoms with Crippen molar-refractivity contribution in [3.8, 4) is 0 Å². The summed E-state index contributed by atoms with van der Waals surface area (Å²) in [4.78, 5) is 0. The maximum Gasteiger partial charge on any atom is 0.00893 e. The van der Waals surface area contributed by atoms with Crippen molar-refractivity contribution in [1.82, 2.24) is 0 Å². The molecule has 2 aromatic rings. The van der Waals surface area contributed by atoms with Gasteiger partial charge in [0.2, 0.25) is 0 Å². The molecule has 0 bridgehead atoms. The molecule has 93 valence electrons. The molecule has 0 heteroatoms. The largest absolute Gasteiger partial charge is 0.0622 e. The van der Waals surface area contributed by atoms with Crippen molar-refractivity contribution < 1.29 is 0 Å². The molecule has 0 unspecified atom stereocenters. The van der Waals surface area contributed by atoms with Gasteiger partial charge in [-0.1, -0.05) is 86.8 Å². The zero-order valence-electron chi connectivity index (χ0n) is 10.9. The van der Waals surface area contributed by atoms with E-state index in [-0.39, 0.29) is 0 Å². The Morgan fingerprint density at radius 1 is 0.722 bits per heavy atom. The Hall–Kier alpha value is -1.56. The Bertz CT molecular complexity index is 391. The highest BCUT2D eigenvalue weighted by Gasteiger charge is 2.12. The lowest BCUT2D eigenvalue weighted by Crippen LogP contribution is -2.01. The van der Waals surface area contributed by atoms with E-state index in [1.165, 1.54) is 30.4 Å². The Morgan fingerprint density at radius 2 is 1.22 bits per heavy atom. The summed E-state index contributed by atoms with van der Waals surface area (Å²) in [6.07, 6.45) is 4.72. The smallest absolute Gasteiger partial charge is 0.00893 e. The van der Waals surface area contributed by atoms with Crippen LogP contribution < -0.4 is 0 Å². The zero-order chi connectivity index (χ0) is 12.6. The number of rotatable bonds is 6. The molecule has 1 radical (unpaired) electrons. The van der Waals surface area contributed by atoms with Gasteiger partial charge in [0.15, 0.2) is 0 Å². The van der Waals surface area contributed by atoms with Crippen LogP contribution in [0.1, 0.15) is 42.7 Å². The van der Waals surface area contributed by atoms with Gasteiger partial charge >= 0.3 is 0 Å². The van der Waals surface area contributed by atoms with E-state index in [0.29, 0.717) is 5.92 Å². The van der Waals surface area contributed by atoms with Crippen molar-refractivity contribution >= 4 is 0 Å². The van der Waals surface area contributed by atoms with Gasteiger partial charge in [-0.2, -0.15) is 0 Å². The molecule has 0 saturated heterocycles. The first kappa shape index (κ1) is 12.9. The highest BCUT2D eigenvalue weighted by molar-refractivity contribution is 5.32. The molecule has 0 heterocycles. The van der Waals surface area contributed by atoms with Gasteiger partial charge in [-0.3, -0.25) is 0 Å². The molecule has 0 aliphatic carbocycles. The van der Waals surface area contributed by atoms with Gasteiger partial charge in [0, 0.05) is 5.92 Å². The predicted molar refractivity (Wildman–Crippen MR) is 78.6 cm³/mol. The van der Waals surface area contributed by atoms with E-state index in [2.05, 4.69) is 67.6 Å². The van der Waals surface area contributed by atoms with Gasteiger partial charge in [0.05, 0.1) is 0 Å². The van der Waals surface area contributed by atoms with Crippen LogP contribution in [0.3, 0.4) is 0 Å². The molecule has 0 amide bonds. The quantitative estimate of drug-likeness (QED) is 0.605. The minimum absolute atomic E-state index is 0.527. The van der Waals surface area contributed by atoms with E-state index < -0.39 is 0 Å². The molecule has 0 N–H and O–H groups in total. The van der Waals surface area contributed by atoms with E-state index in [4.69, 9.17) is 0 Å². The standard InChI is InChI=1S/C18H21/c1-2-3-6-15-18(16-11-7-4-8-12-16)17-13-9-5-10-14-17/h4-5,7-14,18H,1-3,6,15H2. The first-order valence-corrected chi connectivity index (χ1v) is 6.81. The summed E-state index contributed by atoms with van der Waals surface area (Å²) in [5.74, 6) is 0.527. The van der Waals surface area contributed by atoms with Crippen LogP contribution in [0.2, 0.25) is 0 Å². The van der Waals surface area contributed by atoms with Crippen LogP contribution in [0, 0.1) is 6.92 Å². The van der Waals surface area contributed by atoms with Crippen LogP contribution in [0.4, 0.5) is 0 Å². The minimum Gasteiger partial charge on any atom is -0.0622 e. The third kappa shape index (κ3) is 3.46. The van der Waals surface area contributed by atoms with Crippen molar-refractivity contribution in [1.29, 1.82) is 0 Å². The fourth-order valence-corrected chi connectivity index (χ4v) is 2.42. The van der Waals surface area contributed by atoms with Crippen molar-refractivity contribution in [2.75, 3.05) is 0 Å². The normalized spacial score (nSPS) is 10.8. The fraction of sp³-hybridized carbons (Fsp3) is 0.278. The highest BCUT2D eigenvalue weighted by atomic mass is 14.2. The van der Waals surface area contributed by atoms with Crippen molar-refractivity contribution in [2.24, 2.45) is 0 Å². The molecule has 0 spiro atoms. The first-order chi connectivity index (χ1) is 8.92. The summed E-state index contributed by atoms with van der Waals surface area (Å²) in [7, 11) is 0. The third-order valence-electron chi connectivity index (χ3n) is 3.40. The van der Waals surface area contributed by atoms with Crippen LogP contribution in [0.15, 0.2) is 60.7 Å². The molecule has 18 heavy (non-hydrogen) atoms. The molecular weight excluding hydrogens is 216 g/mol. The van der Waals surface area contributed by atoms with Gasteiger partial charge in [-0.05, 0) is 17.5 Å². The van der Waals surface area contributed by atoms with Gasteiger partial charge in [0.1, 0.15) is 0 Å². The molecule has 0 fully saturated rings. The van der Waals surface area contributed by atoms with Crippen LogP contribution >= 0.6 is 0 Å². The maximum absolute atomic E-state index is 3.93. The Labute approximate surface area is 111 Å². The van der Waals surface area contributed by atoms with E-state index in [0.717, 1.165) is 6.42 Å². The summed E-state index contributed by atoms with van der Waals surface area (Å²) in [6.45, 7) is 3.93. The molecule has 0 atom stereocenters. The number of benzene rings is 2. The topological polar surface area (TPSA) is 0 Å². The monoisotopic (exact) mass is 237 g/mol. The van der Waals surface area contributed by atoms with E-state index >= 15 is 0 Å². The summed E-state index contributed by atoms with van der Waals surface area (Å²) >= 11 is 0. The molecule has 0 nitrogen and oxygen atoms in total. The van der Waals surface area contributed by atoms with Gasteiger partial charge < -0.3 is 0 Å². The zero-order valence-corrected chi connectivity index (χ0v) is 10.9. The molecule has 0 aliphatic rings. The highest BCUT2D eigenvalue weighted by Crippen LogP contribution is 2.29. The summed E-state index contributed by atoms with van der Waals surface area (Å²) < 4.78 is 0. The third-order valence-corrected chi connectivity index (χ3v) is 3.40. The van der Waals surface area contributed by atoms with Crippen LogP contribution in [-0.4, -0.2) is 0 Å². The summed E-state index contributed by atoms with van der Waals surface area (Å²) in [5.41, 5.74) is 2.85. The lowest BCUT2D eigenvalue weighted by atomic mass is 9.87. The van der Waals surface area contributed by atoms with Crippen molar-refractivity contribution in [3.63, 3.8) is 0 Å². The van der Waals surface area contributed by atoms with Gasteiger partial charge in [0.25, 0.3) is 0 Å². The lowest BCUT2D eigenvalue weighted by Gasteiger charge is -2.18. The second kappa shape index (κ2) is 7.00.